The maximum atomic E-state index is 5.32. The fourth-order valence-electron chi connectivity index (χ4n) is 1.79. The largest absolute Gasteiger partial charge is 0.379 e. The molecule has 1 unspecified atom stereocenters. The van der Waals surface area contributed by atoms with E-state index in [4.69, 9.17) is 4.74 Å². The van der Waals surface area contributed by atoms with Gasteiger partial charge in [-0.3, -0.25) is 4.90 Å². The molecule has 2 saturated heterocycles. The van der Waals surface area contributed by atoms with Crippen LogP contribution in [0.15, 0.2) is 0 Å². The Labute approximate surface area is 90.6 Å². The Balaban J connectivity index is 1.60. The van der Waals surface area contributed by atoms with Crippen LogP contribution in [0.3, 0.4) is 0 Å². The summed E-state index contributed by atoms with van der Waals surface area (Å²) in [6.45, 7) is 7.46. The number of morpholine rings is 1. The van der Waals surface area contributed by atoms with Crippen molar-refractivity contribution in [1.29, 1.82) is 0 Å². The zero-order chi connectivity index (χ0) is 9.64. The Morgan fingerprint density at radius 2 is 2.29 bits per heavy atom. The van der Waals surface area contributed by atoms with Crippen LogP contribution < -0.4 is 5.32 Å². The topological polar surface area (TPSA) is 24.5 Å². The lowest BCUT2D eigenvalue weighted by atomic mass is 10.2. The lowest BCUT2D eigenvalue weighted by molar-refractivity contribution is 0.0416. The molecule has 2 aliphatic heterocycles. The monoisotopic (exact) mass is 215 g/mol. The summed E-state index contributed by atoms with van der Waals surface area (Å²) in [5.74, 6) is 1.25. The molecule has 0 amide bonds. The molecule has 1 atom stereocenters. The second-order valence-electron chi connectivity index (χ2n) is 3.76. The zero-order valence-corrected chi connectivity index (χ0v) is 9.39. The van der Waals surface area contributed by atoms with Gasteiger partial charge in [0.1, 0.15) is 0 Å². The lowest BCUT2D eigenvalue weighted by Crippen LogP contribution is -2.40. The van der Waals surface area contributed by atoms with Crippen LogP contribution in [0.2, 0.25) is 0 Å². The van der Waals surface area contributed by atoms with Crippen LogP contribution in [0.5, 0.6) is 0 Å². The van der Waals surface area contributed by atoms with Gasteiger partial charge in [-0.1, -0.05) is 0 Å². The van der Waals surface area contributed by atoms with E-state index in [1.54, 1.807) is 0 Å². The van der Waals surface area contributed by atoms with Crippen LogP contribution in [0.25, 0.3) is 0 Å². The minimum absolute atomic E-state index is 0.714. The number of rotatable bonds is 3. The molecule has 0 aromatic carbocycles. The molecule has 2 aliphatic rings. The van der Waals surface area contributed by atoms with E-state index in [1.807, 2.05) is 0 Å². The summed E-state index contributed by atoms with van der Waals surface area (Å²) in [6, 6.07) is 0. The normalized spacial score (nSPS) is 30.4. The summed E-state index contributed by atoms with van der Waals surface area (Å²) in [7, 11) is 0. The molecular formula is C10H19N2OS. The third kappa shape index (κ3) is 3.42. The highest BCUT2D eigenvalue weighted by Gasteiger charge is 2.16. The Kier molecular flexibility index (Phi) is 4.57. The van der Waals surface area contributed by atoms with Crippen LogP contribution in [0.4, 0.5) is 0 Å². The first kappa shape index (κ1) is 10.7. The van der Waals surface area contributed by atoms with E-state index in [1.165, 1.54) is 12.3 Å². The van der Waals surface area contributed by atoms with Gasteiger partial charge in [0.25, 0.3) is 0 Å². The zero-order valence-electron chi connectivity index (χ0n) is 8.58. The fourth-order valence-corrected chi connectivity index (χ4v) is 2.81. The maximum absolute atomic E-state index is 5.32. The quantitative estimate of drug-likeness (QED) is 0.728. The fraction of sp³-hybridized carbons (Fsp3) is 0.900. The number of thioether (sulfide) groups is 1. The van der Waals surface area contributed by atoms with Crippen LogP contribution in [0, 0.1) is 6.42 Å². The number of hydrogen-bond donors (Lipinski definition) is 1. The highest BCUT2D eigenvalue weighted by molar-refractivity contribution is 8.00. The summed E-state index contributed by atoms with van der Waals surface area (Å²) < 4.78 is 5.32. The molecule has 4 heteroatoms. The number of nitrogens with zero attached hydrogens (tertiary/aromatic N) is 1. The van der Waals surface area contributed by atoms with E-state index >= 15 is 0 Å². The smallest absolute Gasteiger partial charge is 0.0594 e. The average molecular weight is 215 g/mol. The highest BCUT2D eigenvalue weighted by atomic mass is 32.2. The molecule has 2 heterocycles. The second kappa shape index (κ2) is 5.95. The Hall–Kier alpha value is 0.230. The van der Waals surface area contributed by atoms with Gasteiger partial charge in [-0.05, 0) is 6.42 Å². The van der Waals surface area contributed by atoms with Crippen molar-refractivity contribution in [3.05, 3.63) is 6.42 Å². The van der Waals surface area contributed by atoms with Crippen LogP contribution >= 0.6 is 11.8 Å². The van der Waals surface area contributed by atoms with Crippen molar-refractivity contribution >= 4 is 11.8 Å². The van der Waals surface area contributed by atoms with E-state index in [2.05, 4.69) is 28.4 Å². The maximum Gasteiger partial charge on any atom is 0.0594 e. The molecule has 1 N–H and O–H groups in total. The SMILES string of the molecule is [CH](CN1CCOCC1)C1CNCCS1. The highest BCUT2D eigenvalue weighted by Crippen LogP contribution is 2.16. The van der Waals surface area contributed by atoms with E-state index in [9.17, 15) is 0 Å². The van der Waals surface area contributed by atoms with Crippen LogP contribution in [0.1, 0.15) is 0 Å². The molecule has 0 aromatic rings. The van der Waals surface area contributed by atoms with E-state index < -0.39 is 0 Å². The number of nitrogens with one attached hydrogen (secondary N) is 1. The first-order valence-corrected chi connectivity index (χ1v) is 6.46. The molecule has 3 nitrogen and oxygen atoms in total. The van der Waals surface area contributed by atoms with Gasteiger partial charge < -0.3 is 10.1 Å². The molecule has 14 heavy (non-hydrogen) atoms. The molecule has 1 radical (unpaired) electrons. The minimum Gasteiger partial charge on any atom is -0.379 e. The summed E-state index contributed by atoms with van der Waals surface area (Å²) in [5.41, 5.74) is 0. The number of ether oxygens (including phenoxy) is 1. The standard InChI is InChI=1S/C10H19N2OS/c1(10-9-11-2-8-14-10)3-12-4-6-13-7-5-12/h1,10-11H,2-9H2. The van der Waals surface area contributed by atoms with Crippen molar-refractivity contribution in [3.63, 3.8) is 0 Å². The molecule has 0 aliphatic carbocycles. The van der Waals surface area contributed by atoms with E-state index in [0.717, 1.165) is 39.4 Å². The molecule has 0 spiro atoms. The van der Waals surface area contributed by atoms with Gasteiger partial charge >= 0.3 is 0 Å². The summed E-state index contributed by atoms with van der Waals surface area (Å²) in [5, 5.41) is 4.14. The van der Waals surface area contributed by atoms with Gasteiger partial charge in [0, 0.05) is 43.7 Å². The van der Waals surface area contributed by atoms with Crippen molar-refractivity contribution in [3.8, 4) is 0 Å². The van der Waals surface area contributed by atoms with Crippen LogP contribution in [-0.4, -0.2) is 61.8 Å². The summed E-state index contributed by atoms with van der Waals surface area (Å²) in [4.78, 5) is 2.47. The Bertz CT molecular complexity index is 138. The molecule has 2 rings (SSSR count). The predicted octanol–water partition coefficient (Wildman–Crippen LogP) is 0.228. The lowest BCUT2D eigenvalue weighted by Gasteiger charge is -2.29. The van der Waals surface area contributed by atoms with Gasteiger partial charge in [0.15, 0.2) is 0 Å². The molecule has 81 valence electrons. The second-order valence-corrected chi connectivity index (χ2v) is 5.11. The van der Waals surface area contributed by atoms with Gasteiger partial charge in [-0.25, -0.2) is 0 Å². The molecule has 0 saturated carbocycles. The van der Waals surface area contributed by atoms with Crippen LogP contribution in [-0.2, 0) is 4.74 Å². The molecule has 0 aromatic heterocycles. The van der Waals surface area contributed by atoms with Gasteiger partial charge in [-0.15, -0.1) is 0 Å². The van der Waals surface area contributed by atoms with Gasteiger partial charge in [0.2, 0.25) is 0 Å². The first-order chi connectivity index (χ1) is 6.95. The van der Waals surface area contributed by atoms with Crippen molar-refractivity contribution in [2.75, 3.05) is 51.7 Å². The molecule has 2 fully saturated rings. The predicted molar refractivity (Wildman–Crippen MR) is 60.7 cm³/mol. The van der Waals surface area contributed by atoms with Crippen molar-refractivity contribution < 1.29 is 4.74 Å². The van der Waals surface area contributed by atoms with E-state index in [-0.39, 0.29) is 0 Å². The Morgan fingerprint density at radius 3 is 3.00 bits per heavy atom. The Morgan fingerprint density at radius 1 is 1.43 bits per heavy atom. The molecular weight excluding hydrogens is 196 g/mol. The van der Waals surface area contributed by atoms with Crippen molar-refractivity contribution in [2.24, 2.45) is 0 Å². The van der Waals surface area contributed by atoms with Crippen molar-refractivity contribution in [1.82, 2.24) is 10.2 Å². The van der Waals surface area contributed by atoms with Gasteiger partial charge in [-0.2, -0.15) is 11.8 Å². The summed E-state index contributed by atoms with van der Waals surface area (Å²) in [6.07, 6.45) is 2.45. The average Bonchev–Trinajstić information content (AvgIpc) is 2.29. The number of hydrogen-bond acceptors (Lipinski definition) is 4. The third-order valence-electron chi connectivity index (χ3n) is 2.69. The molecule has 0 bridgehead atoms. The van der Waals surface area contributed by atoms with Crippen molar-refractivity contribution in [2.45, 2.75) is 5.25 Å². The van der Waals surface area contributed by atoms with Gasteiger partial charge in [0.05, 0.1) is 13.2 Å². The third-order valence-corrected chi connectivity index (χ3v) is 3.91. The van der Waals surface area contributed by atoms with E-state index in [0.29, 0.717) is 5.25 Å². The first-order valence-electron chi connectivity index (χ1n) is 5.41. The minimum atomic E-state index is 0.714. The summed E-state index contributed by atoms with van der Waals surface area (Å²) >= 11 is 2.08.